The van der Waals surface area contributed by atoms with Crippen molar-refractivity contribution in [3.63, 3.8) is 0 Å². The third kappa shape index (κ3) is 3.61. The van der Waals surface area contributed by atoms with Crippen LogP contribution in [0.4, 0.5) is 8.78 Å². The lowest BCUT2D eigenvalue weighted by molar-refractivity contribution is 0.178. The Hall–Kier alpha value is -1.75. The first-order valence-electron chi connectivity index (χ1n) is 6.24. The molecular formula is C14H16F2N2O. The maximum absolute atomic E-state index is 13.0. The number of nitrogens with zero attached hydrogens (tertiary/aromatic N) is 2. The van der Waals surface area contributed by atoms with Gasteiger partial charge in [0.2, 0.25) is 0 Å². The van der Waals surface area contributed by atoms with Crippen LogP contribution in [0, 0.1) is 11.6 Å². The lowest BCUT2D eigenvalue weighted by Gasteiger charge is -2.08. The predicted molar refractivity (Wildman–Crippen MR) is 67.5 cm³/mol. The van der Waals surface area contributed by atoms with Crippen molar-refractivity contribution in [2.45, 2.75) is 32.4 Å². The van der Waals surface area contributed by atoms with Crippen LogP contribution in [0.2, 0.25) is 0 Å². The molecule has 0 radical (unpaired) electrons. The number of benzene rings is 1. The van der Waals surface area contributed by atoms with Gasteiger partial charge in [-0.3, -0.25) is 4.68 Å². The highest BCUT2D eigenvalue weighted by molar-refractivity contribution is 5.21. The maximum Gasteiger partial charge on any atom is 0.126 e. The van der Waals surface area contributed by atoms with Crippen LogP contribution >= 0.6 is 0 Å². The summed E-state index contributed by atoms with van der Waals surface area (Å²) in [5.41, 5.74) is 1.08. The molecule has 0 bridgehead atoms. The lowest BCUT2D eigenvalue weighted by atomic mass is 10.0. The van der Waals surface area contributed by atoms with Crippen LogP contribution in [0.5, 0.6) is 0 Å². The largest absolute Gasteiger partial charge is 0.388 e. The molecule has 0 saturated carbocycles. The minimum atomic E-state index is -0.813. The average Bonchev–Trinajstić information content (AvgIpc) is 2.76. The third-order valence-corrected chi connectivity index (χ3v) is 2.84. The van der Waals surface area contributed by atoms with Gasteiger partial charge in [0.1, 0.15) is 11.6 Å². The van der Waals surface area contributed by atoms with Crippen LogP contribution in [-0.4, -0.2) is 14.9 Å². The molecule has 1 aromatic heterocycles. The Morgan fingerprint density at radius 2 is 1.95 bits per heavy atom. The van der Waals surface area contributed by atoms with E-state index in [2.05, 4.69) is 5.10 Å². The van der Waals surface area contributed by atoms with E-state index in [1.54, 1.807) is 17.1 Å². The highest BCUT2D eigenvalue weighted by atomic mass is 19.1. The minimum absolute atomic E-state index is 0.159. The van der Waals surface area contributed by atoms with Crippen molar-refractivity contribution in [1.82, 2.24) is 9.78 Å². The summed E-state index contributed by atoms with van der Waals surface area (Å²) in [5, 5.41) is 14.2. The average molecular weight is 266 g/mol. The summed E-state index contributed by atoms with van der Waals surface area (Å²) in [4.78, 5) is 0. The van der Waals surface area contributed by atoms with Gasteiger partial charge in [-0.15, -0.1) is 0 Å². The number of aromatic nitrogens is 2. The molecule has 2 rings (SSSR count). The van der Waals surface area contributed by atoms with E-state index in [1.807, 2.05) is 6.92 Å². The Balaban J connectivity index is 2.08. The second kappa shape index (κ2) is 5.93. The molecule has 0 saturated heterocycles. The van der Waals surface area contributed by atoms with Crippen molar-refractivity contribution in [2.75, 3.05) is 0 Å². The molecule has 0 aliphatic carbocycles. The van der Waals surface area contributed by atoms with Crippen LogP contribution in [0.15, 0.2) is 30.6 Å². The van der Waals surface area contributed by atoms with E-state index < -0.39 is 17.7 Å². The van der Waals surface area contributed by atoms with Crippen molar-refractivity contribution in [2.24, 2.45) is 0 Å². The number of aliphatic hydroxyl groups excluding tert-OH is 1. The zero-order chi connectivity index (χ0) is 13.8. The lowest BCUT2D eigenvalue weighted by Crippen LogP contribution is -2.02. The molecule has 3 nitrogen and oxygen atoms in total. The maximum atomic E-state index is 13.0. The molecule has 1 N–H and O–H groups in total. The second-order valence-electron chi connectivity index (χ2n) is 4.53. The van der Waals surface area contributed by atoms with Crippen LogP contribution < -0.4 is 0 Å². The summed E-state index contributed by atoms with van der Waals surface area (Å²) in [6, 6.07) is 3.26. The zero-order valence-electron chi connectivity index (χ0n) is 10.7. The van der Waals surface area contributed by atoms with E-state index in [0.29, 0.717) is 11.1 Å². The van der Waals surface area contributed by atoms with Gasteiger partial charge in [0, 0.05) is 30.8 Å². The molecule has 0 aliphatic heterocycles. The van der Waals surface area contributed by atoms with Gasteiger partial charge < -0.3 is 5.11 Å². The van der Waals surface area contributed by atoms with Crippen LogP contribution in [-0.2, 0) is 13.0 Å². The Kier molecular flexibility index (Phi) is 4.27. The monoisotopic (exact) mass is 266 g/mol. The SMILES string of the molecule is CCCn1cc(C(O)Cc2cc(F)cc(F)c2)cn1. The van der Waals surface area contributed by atoms with E-state index in [1.165, 1.54) is 12.1 Å². The fourth-order valence-electron chi connectivity index (χ4n) is 1.97. The smallest absolute Gasteiger partial charge is 0.126 e. The first-order chi connectivity index (χ1) is 9.08. The first-order valence-corrected chi connectivity index (χ1v) is 6.24. The molecule has 1 unspecified atom stereocenters. The fraction of sp³-hybridized carbons (Fsp3) is 0.357. The van der Waals surface area contributed by atoms with E-state index in [-0.39, 0.29) is 6.42 Å². The van der Waals surface area contributed by atoms with Crippen molar-refractivity contribution >= 4 is 0 Å². The molecule has 0 amide bonds. The standard InChI is InChI=1S/C14H16F2N2O/c1-2-3-18-9-11(8-17-18)14(19)6-10-4-12(15)7-13(16)5-10/h4-5,7-9,14,19H,2-3,6H2,1H3. The Labute approximate surface area is 110 Å². The fourth-order valence-corrected chi connectivity index (χ4v) is 1.97. The van der Waals surface area contributed by atoms with Gasteiger partial charge in [0.25, 0.3) is 0 Å². The van der Waals surface area contributed by atoms with Crippen molar-refractivity contribution in [3.8, 4) is 0 Å². The van der Waals surface area contributed by atoms with Gasteiger partial charge >= 0.3 is 0 Å². The quantitative estimate of drug-likeness (QED) is 0.903. The molecule has 5 heteroatoms. The van der Waals surface area contributed by atoms with Gasteiger partial charge in [0.15, 0.2) is 0 Å². The molecule has 0 spiro atoms. The molecule has 19 heavy (non-hydrogen) atoms. The van der Waals surface area contributed by atoms with E-state index >= 15 is 0 Å². The Morgan fingerprint density at radius 3 is 2.58 bits per heavy atom. The zero-order valence-corrected chi connectivity index (χ0v) is 10.7. The van der Waals surface area contributed by atoms with Crippen LogP contribution in [0.25, 0.3) is 0 Å². The number of aliphatic hydroxyl groups is 1. The number of aryl methyl sites for hydroxylation is 1. The van der Waals surface area contributed by atoms with Crippen molar-refractivity contribution < 1.29 is 13.9 Å². The second-order valence-corrected chi connectivity index (χ2v) is 4.53. The molecule has 2 aromatic rings. The molecule has 1 heterocycles. The van der Waals surface area contributed by atoms with E-state index in [4.69, 9.17) is 0 Å². The van der Waals surface area contributed by atoms with E-state index in [0.717, 1.165) is 19.0 Å². The number of hydrogen-bond acceptors (Lipinski definition) is 2. The molecule has 102 valence electrons. The first kappa shape index (κ1) is 13.7. The normalized spacial score (nSPS) is 12.6. The summed E-state index contributed by atoms with van der Waals surface area (Å²) in [6.45, 7) is 2.81. The summed E-state index contributed by atoms with van der Waals surface area (Å²) in [6.07, 6.45) is 3.63. The molecule has 0 aliphatic rings. The van der Waals surface area contributed by atoms with Crippen LogP contribution in [0.3, 0.4) is 0 Å². The molecule has 0 fully saturated rings. The topological polar surface area (TPSA) is 38.0 Å². The predicted octanol–water partition coefficient (Wildman–Crippen LogP) is 2.85. The number of rotatable bonds is 5. The summed E-state index contributed by atoms with van der Waals surface area (Å²) >= 11 is 0. The van der Waals surface area contributed by atoms with Crippen molar-refractivity contribution in [3.05, 3.63) is 53.4 Å². The molecule has 1 aromatic carbocycles. The summed E-state index contributed by atoms with van der Waals surface area (Å²) in [5.74, 6) is -1.27. The van der Waals surface area contributed by atoms with Crippen molar-refractivity contribution in [1.29, 1.82) is 0 Å². The number of hydrogen-bond donors (Lipinski definition) is 1. The number of halogens is 2. The van der Waals surface area contributed by atoms with Gasteiger partial charge in [0.05, 0.1) is 12.3 Å². The Bertz CT molecular complexity index is 534. The van der Waals surface area contributed by atoms with E-state index in [9.17, 15) is 13.9 Å². The highest BCUT2D eigenvalue weighted by Crippen LogP contribution is 2.19. The summed E-state index contributed by atoms with van der Waals surface area (Å²) in [7, 11) is 0. The summed E-state index contributed by atoms with van der Waals surface area (Å²) < 4.78 is 27.8. The van der Waals surface area contributed by atoms with Gasteiger partial charge in [-0.2, -0.15) is 5.10 Å². The molecule has 1 atom stereocenters. The molecular weight excluding hydrogens is 250 g/mol. The van der Waals surface area contributed by atoms with Gasteiger partial charge in [-0.1, -0.05) is 6.92 Å². The van der Waals surface area contributed by atoms with Gasteiger partial charge in [-0.25, -0.2) is 8.78 Å². The highest BCUT2D eigenvalue weighted by Gasteiger charge is 2.12. The van der Waals surface area contributed by atoms with Gasteiger partial charge in [-0.05, 0) is 24.1 Å². The minimum Gasteiger partial charge on any atom is -0.388 e. The van der Waals surface area contributed by atoms with Crippen LogP contribution in [0.1, 0.15) is 30.6 Å². The third-order valence-electron chi connectivity index (χ3n) is 2.84. The Morgan fingerprint density at radius 1 is 1.26 bits per heavy atom.